The molecule has 0 atom stereocenters. The van der Waals surface area contributed by atoms with Gasteiger partial charge in [0.05, 0.1) is 0 Å². The molecule has 0 aromatic heterocycles. The van der Waals surface area contributed by atoms with Crippen LogP contribution in [0.3, 0.4) is 0 Å². The Bertz CT molecular complexity index is 426. The zero-order valence-corrected chi connectivity index (χ0v) is 11.2. The van der Waals surface area contributed by atoms with Crippen molar-refractivity contribution in [2.75, 3.05) is 26.2 Å². The number of azide groups is 2. The average Bonchev–Trinajstić information content (AvgIpc) is 2.48. The number of rotatable bonds is 10. The molecule has 1 aromatic carbocycles. The zero-order chi connectivity index (χ0) is 14.5. The monoisotopic (exact) mass is 274 g/mol. The number of nitrogens with one attached hydrogen (secondary N) is 2. The number of hydrogen-bond donors (Lipinski definition) is 2. The normalized spacial score (nSPS) is 9.60. The SMILES string of the molecule is [N-]=[N+]=NCCNCc1ccc(CNCCN=[N+]=[N-])cc1. The van der Waals surface area contributed by atoms with Gasteiger partial charge in [0.25, 0.3) is 0 Å². The zero-order valence-electron chi connectivity index (χ0n) is 11.2. The standard InChI is InChI=1S/C12H18N8/c13-19-17-7-5-15-9-11-1-2-12(4-3-11)10-16-6-8-18-20-14/h1-4,15-16H,5-10H2. The Morgan fingerprint density at radius 3 is 1.55 bits per heavy atom. The first-order valence-corrected chi connectivity index (χ1v) is 6.38. The summed E-state index contributed by atoms with van der Waals surface area (Å²) in [5, 5.41) is 13.3. The molecule has 0 amide bonds. The molecule has 0 aliphatic rings. The molecule has 0 bridgehead atoms. The second-order valence-electron chi connectivity index (χ2n) is 4.08. The topological polar surface area (TPSA) is 122 Å². The predicted octanol–water partition coefficient (Wildman–Crippen LogP) is 2.49. The summed E-state index contributed by atoms with van der Waals surface area (Å²) < 4.78 is 0. The maximum Gasteiger partial charge on any atom is 0.0383 e. The van der Waals surface area contributed by atoms with Crippen LogP contribution in [0.4, 0.5) is 0 Å². The number of hydrogen-bond acceptors (Lipinski definition) is 4. The fraction of sp³-hybridized carbons (Fsp3) is 0.500. The van der Waals surface area contributed by atoms with E-state index in [-0.39, 0.29) is 0 Å². The molecule has 1 rings (SSSR count). The Hall–Kier alpha value is -2.24. The Morgan fingerprint density at radius 1 is 0.800 bits per heavy atom. The Labute approximate surface area is 117 Å². The third-order valence-corrected chi connectivity index (χ3v) is 2.58. The van der Waals surface area contributed by atoms with Crippen LogP contribution in [0.5, 0.6) is 0 Å². The molecule has 0 unspecified atom stereocenters. The quantitative estimate of drug-likeness (QED) is 0.294. The van der Waals surface area contributed by atoms with Crippen molar-refractivity contribution in [2.45, 2.75) is 13.1 Å². The minimum absolute atomic E-state index is 0.462. The third-order valence-electron chi connectivity index (χ3n) is 2.58. The van der Waals surface area contributed by atoms with Crippen molar-refractivity contribution in [2.24, 2.45) is 10.2 Å². The van der Waals surface area contributed by atoms with Crippen molar-refractivity contribution in [3.63, 3.8) is 0 Å². The molecular weight excluding hydrogens is 256 g/mol. The van der Waals surface area contributed by atoms with E-state index >= 15 is 0 Å². The highest BCUT2D eigenvalue weighted by atomic mass is 15.1. The molecular formula is C12H18N8. The second kappa shape index (κ2) is 10.7. The van der Waals surface area contributed by atoms with Crippen molar-refractivity contribution in [3.05, 3.63) is 56.3 Å². The van der Waals surface area contributed by atoms with E-state index in [1.807, 2.05) is 0 Å². The van der Waals surface area contributed by atoms with E-state index in [9.17, 15) is 0 Å². The maximum atomic E-state index is 8.13. The lowest BCUT2D eigenvalue weighted by atomic mass is 10.1. The molecule has 8 heteroatoms. The highest BCUT2D eigenvalue weighted by Crippen LogP contribution is 2.03. The molecule has 0 aliphatic heterocycles. The van der Waals surface area contributed by atoms with E-state index in [0.717, 1.165) is 13.1 Å². The van der Waals surface area contributed by atoms with Crippen LogP contribution in [-0.4, -0.2) is 26.2 Å². The minimum atomic E-state index is 0.462. The molecule has 0 fully saturated rings. The van der Waals surface area contributed by atoms with E-state index < -0.39 is 0 Å². The molecule has 0 heterocycles. The summed E-state index contributed by atoms with van der Waals surface area (Å²) in [4.78, 5) is 5.38. The summed E-state index contributed by atoms with van der Waals surface area (Å²) in [6.07, 6.45) is 0. The summed E-state index contributed by atoms with van der Waals surface area (Å²) in [5.41, 5.74) is 18.6. The summed E-state index contributed by atoms with van der Waals surface area (Å²) in [6, 6.07) is 8.24. The molecule has 20 heavy (non-hydrogen) atoms. The van der Waals surface area contributed by atoms with Crippen LogP contribution < -0.4 is 10.6 Å². The first-order chi connectivity index (χ1) is 9.86. The largest absolute Gasteiger partial charge is 0.313 e. The Balaban J connectivity index is 2.22. The summed E-state index contributed by atoms with van der Waals surface area (Å²) >= 11 is 0. The van der Waals surface area contributed by atoms with Gasteiger partial charge in [-0.3, -0.25) is 0 Å². The van der Waals surface area contributed by atoms with Crippen LogP contribution >= 0.6 is 0 Å². The van der Waals surface area contributed by atoms with E-state index in [1.165, 1.54) is 11.1 Å². The van der Waals surface area contributed by atoms with Crippen molar-refractivity contribution in [1.82, 2.24) is 10.6 Å². The summed E-state index contributed by atoms with van der Waals surface area (Å²) in [5.74, 6) is 0. The second-order valence-corrected chi connectivity index (χ2v) is 4.08. The lowest BCUT2D eigenvalue weighted by molar-refractivity contribution is 0.686. The van der Waals surface area contributed by atoms with Crippen LogP contribution in [0.25, 0.3) is 20.9 Å². The van der Waals surface area contributed by atoms with E-state index in [1.54, 1.807) is 0 Å². The van der Waals surface area contributed by atoms with Gasteiger partial charge in [-0.1, -0.05) is 34.5 Å². The first-order valence-electron chi connectivity index (χ1n) is 6.38. The van der Waals surface area contributed by atoms with E-state index in [0.29, 0.717) is 26.2 Å². The highest BCUT2D eigenvalue weighted by molar-refractivity contribution is 5.22. The lowest BCUT2D eigenvalue weighted by Gasteiger charge is -2.06. The molecule has 0 spiro atoms. The molecule has 1 aromatic rings. The fourth-order valence-electron chi connectivity index (χ4n) is 1.59. The molecule has 0 saturated carbocycles. The van der Waals surface area contributed by atoms with Crippen molar-refractivity contribution in [1.29, 1.82) is 0 Å². The number of nitrogens with zero attached hydrogens (tertiary/aromatic N) is 6. The first kappa shape index (κ1) is 15.8. The lowest BCUT2D eigenvalue weighted by Crippen LogP contribution is -2.17. The van der Waals surface area contributed by atoms with Gasteiger partial charge in [-0.05, 0) is 22.2 Å². The average molecular weight is 274 g/mol. The van der Waals surface area contributed by atoms with Gasteiger partial charge in [0.2, 0.25) is 0 Å². The van der Waals surface area contributed by atoms with Gasteiger partial charge >= 0.3 is 0 Å². The van der Waals surface area contributed by atoms with Gasteiger partial charge in [0.1, 0.15) is 0 Å². The van der Waals surface area contributed by atoms with Gasteiger partial charge in [-0.25, -0.2) is 0 Å². The summed E-state index contributed by atoms with van der Waals surface area (Å²) in [6.45, 7) is 3.78. The molecule has 106 valence electrons. The van der Waals surface area contributed by atoms with Gasteiger partial charge < -0.3 is 10.6 Å². The van der Waals surface area contributed by atoms with Gasteiger partial charge in [0.15, 0.2) is 0 Å². The van der Waals surface area contributed by atoms with Crippen molar-refractivity contribution in [3.8, 4) is 0 Å². The molecule has 8 nitrogen and oxygen atoms in total. The number of benzene rings is 1. The molecule has 2 N–H and O–H groups in total. The molecule has 0 aliphatic carbocycles. The van der Waals surface area contributed by atoms with Crippen LogP contribution in [0, 0.1) is 0 Å². The summed E-state index contributed by atoms with van der Waals surface area (Å²) in [7, 11) is 0. The van der Waals surface area contributed by atoms with Crippen molar-refractivity contribution >= 4 is 0 Å². The minimum Gasteiger partial charge on any atom is -0.313 e. The fourth-order valence-corrected chi connectivity index (χ4v) is 1.59. The molecule has 0 radical (unpaired) electrons. The highest BCUT2D eigenvalue weighted by Gasteiger charge is 1.95. The van der Waals surface area contributed by atoms with Crippen LogP contribution in [0.1, 0.15) is 11.1 Å². The van der Waals surface area contributed by atoms with Gasteiger partial charge in [-0.2, -0.15) is 0 Å². The van der Waals surface area contributed by atoms with E-state index in [4.69, 9.17) is 11.1 Å². The maximum absolute atomic E-state index is 8.13. The Morgan fingerprint density at radius 2 is 1.20 bits per heavy atom. The van der Waals surface area contributed by atoms with Crippen LogP contribution in [0.2, 0.25) is 0 Å². The smallest absolute Gasteiger partial charge is 0.0383 e. The molecule has 0 saturated heterocycles. The Kier molecular flexibility index (Phi) is 8.43. The van der Waals surface area contributed by atoms with Gasteiger partial charge in [0, 0.05) is 49.1 Å². The predicted molar refractivity (Wildman–Crippen MR) is 77.9 cm³/mol. The van der Waals surface area contributed by atoms with Crippen molar-refractivity contribution < 1.29 is 0 Å². The van der Waals surface area contributed by atoms with Crippen LogP contribution in [-0.2, 0) is 13.1 Å². The third kappa shape index (κ3) is 7.25. The van der Waals surface area contributed by atoms with Crippen LogP contribution in [0.15, 0.2) is 34.5 Å². The van der Waals surface area contributed by atoms with Gasteiger partial charge in [-0.15, -0.1) is 0 Å². The van der Waals surface area contributed by atoms with E-state index in [2.05, 4.69) is 55.0 Å².